The fourth-order valence-corrected chi connectivity index (χ4v) is 3.13. The topological polar surface area (TPSA) is 46.5 Å². The molecule has 0 amide bonds. The minimum atomic E-state index is -4.50. The Balaban J connectivity index is 1.99. The first-order valence-corrected chi connectivity index (χ1v) is 8.12. The van der Waals surface area contributed by atoms with Crippen molar-refractivity contribution in [3.8, 4) is 0 Å². The molecule has 1 aliphatic carbocycles. The van der Waals surface area contributed by atoms with Crippen LogP contribution in [0, 0.1) is 0 Å². The molecule has 5 heteroatoms. The molecule has 1 fully saturated rings. The summed E-state index contributed by atoms with van der Waals surface area (Å²) < 4.78 is 34.8. The summed E-state index contributed by atoms with van der Waals surface area (Å²) in [5, 5.41) is -0.986. The lowest BCUT2D eigenvalue weighted by atomic mass is 10.0. The monoisotopic (exact) mass is 303 g/mol. The number of benzene rings is 2. The average Bonchev–Trinajstić information content (AvgIpc) is 3.26. The minimum absolute atomic E-state index is 0.252. The summed E-state index contributed by atoms with van der Waals surface area (Å²) in [5.74, 6) is 0. The molecule has 2 aromatic carbocycles. The van der Waals surface area contributed by atoms with Crippen LogP contribution in [-0.4, -0.2) is 25.4 Å². The zero-order chi connectivity index (χ0) is 14.9. The molecule has 1 aliphatic rings. The van der Waals surface area contributed by atoms with Crippen molar-refractivity contribution in [1.29, 1.82) is 0 Å². The summed E-state index contributed by atoms with van der Waals surface area (Å²) in [6, 6.07) is 18.5. The van der Waals surface area contributed by atoms with Gasteiger partial charge in [-0.05, 0) is 6.42 Å². The fourth-order valence-electron chi connectivity index (χ4n) is 2.27. The molecule has 0 saturated heterocycles. The van der Waals surface area contributed by atoms with Crippen molar-refractivity contribution in [2.45, 2.75) is 17.7 Å². The van der Waals surface area contributed by atoms with Gasteiger partial charge in [0.05, 0.1) is 11.8 Å². The van der Waals surface area contributed by atoms with Gasteiger partial charge in [-0.25, -0.2) is 0 Å². The van der Waals surface area contributed by atoms with Crippen LogP contribution in [-0.2, 0) is 10.2 Å². The Bertz CT molecular complexity index is 716. The molecule has 108 valence electrons. The minimum Gasteiger partial charge on any atom is -0.279 e. The van der Waals surface area contributed by atoms with E-state index in [-0.39, 0.29) is 6.42 Å². The highest BCUT2D eigenvalue weighted by atomic mass is 32.3. The summed E-state index contributed by atoms with van der Waals surface area (Å²) >= 11 is 0. The zero-order valence-corrected chi connectivity index (χ0v) is 12.0. The Morgan fingerprint density at radius 3 is 1.81 bits per heavy atom. The Labute approximate surface area is 123 Å². The summed E-state index contributed by atoms with van der Waals surface area (Å²) in [6.45, 7) is 0. The smallest absolute Gasteiger partial charge is 0.279 e. The van der Waals surface area contributed by atoms with Gasteiger partial charge in [0, 0.05) is 11.1 Å². The fraction of sp³-hybridized carbons (Fsp3) is 0.188. The highest BCUT2D eigenvalue weighted by Crippen LogP contribution is 2.35. The maximum atomic E-state index is 13.0. The van der Waals surface area contributed by atoms with Gasteiger partial charge in [0.1, 0.15) is 5.25 Å². The molecule has 3 nitrogen and oxygen atoms in total. The molecule has 0 aliphatic heterocycles. The Kier molecular flexibility index (Phi) is 3.59. The standard InChI is InChI=1S/C16H14FNO2S/c17-21(19,20)15-11-14(15)18-16(12-7-3-1-4-8-12)13-9-5-2-6-10-13/h1-10,14-15H,11H2/t14-,15-/m1/s1. The Morgan fingerprint density at radius 2 is 1.43 bits per heavy atom. The number of hydrogen-bond acceptors (Lipinski definition) is 3. The lowest BCUT2D eigenvalue weighted by molar-refractivity contribution is 0.549. The van der Waals surface area contributed by atoms with Gasteiger partial charge in [-0.1, -0.05) is 60.7 Å². The number of aliphatic imine (C=N–C) groups is 1. The molecular formula is C16H14FNO2S. The third-order valence-electron chi connectivity index (χ3n) is 3.45. The quantitative estimate of drug-likeness (QED) is 0.644. The van der Waals surface area contributed by atoms with E-state index >= 15 is 0 Å². The molecule has 0 N–H and O–H groups in total. The van der Waals surface area contributed by atoms with Gasteiger partial charge in [-0.15, -0.1) is 3.89 Å². The van der Waals surface area contributed by atoms with Gasteiger partial charge >= 0.3 is 10.2 Å². The lowest BCUT2D eigenvalue weighted by Gasteiger charge is -2.07. The number of hydrogen-bond donors (Lipinski definition) is 0. The van der Waals surface area contributed by atoms with Gasteiger partial charge < -0.3 is 0 Å². The maximum absolute atomic E-state index is 13.0. The molecule has 1 saturated carbocycles. The second kappa shape index (κ2) is 5.41. The predicted molar refractivity (Wildman–Crippen MR) is 80.7 cm³/mol. The molecule has 0 unspecified atom stereocenters. The molecule has 21 heavy (non-hydrogen) atoms. The maximum Gasteiger partial charge on any atom is 0.307 e. The second-order valence-corrected chi connectivity index (χ2v) is 6.58. The van der Waals surface area contributed by atoms with Crippen LogP contribution in [0.5, 0.6) is 0 Å². The molecule has 0 aromatic heterocycles. The van der Waals surface area contributed by atoms with Crippen LogP contribution in [0.1, 0.15) is 17.5 Å². The summed E-state index contributed by atoms with van der Waals surface area (Å²) in [6.07, 6.45) is 0.252. The van der Waals surface area contributed by atoms with Crippen molar-refractivity contribution in [3.05, 3.63) is 71.8 Å². The van der Waals surface area contributed by atoms with E-state index in [0.29, 0.717) is 5.71 Å². The van der Waals surface area contributed by atoms with Crippen molar-refractivity contribution in [3.63, 3.8) is 0 Å². The third-order valence-corrected chi connectivity index (χ3v) is 4.68. The Hall–Kier alpha value is -2.01. The number of nitrogens with zero attached hydrogens (tertiary/aromatic N) is 1. The molecule has 0 bridgehead atoms. The van der Waals surface area contributed by atoms with Crippen LogP contribution in [0.25, 0.3) is 0 Å². The first-order valence-electron chi connectivity index (χ1n) is 6.68. The molecule has 2 aromatic rings. The molecule has 0 radical (unpaired) electrons. The molecular weight excluding hydrogens is 289 g/mol. The van der Waals surface area contributed by atoms with Crippen LogP contribution < -0.4 is 0 Å². The van der Waals surface area contributed by atoms with E-state index in [1.807, 2.05) is 60.7 Å². The van der Waals surface area contributed by atoms with Gasteiger partial charge in [-0.3, -0.25) is 4.99 Å². The van der Waals surface area contributed by atoms with Gasteiger partial charge in [0.25, 0.3) is 0 Å². The zero-order valence-electron chi connectivity index (χ0n) is 11.2. The van der Waals surface area contributed by atoms with Crippen molar-refractivity contribution in [2.75, 3.05) is 0 Å². The van der Waals surface area contributed by atoms with Crippen LogP contribution in [0.3, 0.4) is 0 Å². The SMILES string of the molecule is O=S(=O)(F)[C@@H]1C[C@H]1N=C(c1ccccc1)c1ccccc1. The molecule has 0 spiro atoms. The summed E-state index contributed by atoms with van der Waals surface area (Å²) in [4.78, 5) is 4.47. The van der Waals surface area contributed by atoms with Crippen LogP contribution >= 0.6 is 0 Å². The highest BCUT2D eigenvalue weighted by molar-refractivity contribution is 7.87. The van der Waals surface area contributed by atoms with Crippen LogP contribution in [0.2, 0.25) is 0 Å². The lowest BCUT2D eigenvalue weighted by Crippen LogP contribution is -2.08. The van der Waals surface area contributed by atoms with E-state index in [9.17, 15) is 12.3 Å². The summed E-state index contributed by atoms with van der Waals surface area (Å²) in [7, 11) is -4.50. The molecule has 2 atom stereocenters. The average molecular weight is 303 g/mol. The first kappa shape index (κ1) is 13.9. The molecule has 0 heterocycles. The van der Waals surface area contributed by atoms with E-state index < -0.39 is 21.5 Å². The van der Waals surface area contributed by atoms with E-state index in [2.05, 4.69) is 4.99 Å². The predicted octanol–water partition coefficient (Wildman–Crippen LogP) is 2.96. The van der Waals surface area contributed by atoms with Crippen LogP contribution in [0.15, 0.2) is 65.7 Å². The van der Waals surface area contributed by atoms with Crippen molar-refractivity contribution >= 4 is 15.9 Å². The van der Waals surface area contributed by atoms with Crippen LogP contribution in [0.4, 0.5) is 3.89 Å². The highest BCUT2D eigenvalue weighted by Gasteiger charge is 2.48. The number of halogens is 1. The van der Waals surface area contributed by atoms with Crippen molar-refractivity contribution in [2.24, 2.45) is 4.99 Å². The van der Waals surface area contributed by atoms with Crippen molar-refractivity contribution in [1.82, 2.24) is 0 Å². The van der Waals surface area contributed by atoms with Crippen molar-refractivity contribution < 1.29 is 12.3 Å². The molecule has 3 rings (SSSR count). The first-order chi connectivity index (χ1) is 10.1. The normalized spacial score (nSPS) is 20.8. The van der Waals surface area contributed by atoms with E-state index in [1.54, 1.807) is 0 Å². The Morgan fingerprint density at radius 1 is 0.952 bits per heavy atom. The second-order valence-electron chi connectivity index (χ2n) is 5.03. The van der Waals surface area contributed by atoms with E-state index in [1.165, 1.54) is 0 Å². The van der Waals surface area contributed by atoms with E-state index in [0.717, 1.165) is 11.1 Å². The summed E-state index contributed by atoms with van der Waals surface area (Å²) in [5.41, 5.74) is 2.49. The number of rotatable bonds is 4. The van der Waals surface area contributed by atoms with Gasteiger partial charge in [-0.2, -0.15) is 8.42 Å². The van der Waals surface area contributed by atoms with Gasteiger partial charge in [0.15, 0.2) is 0 Å². The van der Waals surface area contributed by atoms with Gasteiger partial charge in [0.2, 0.25) is 0 Å². The van der Waals surface area contributed by atoms with E-state index in [4.69, 9.17) is 0 Å². The third kappa shape index (κ3) is 3.19. The largest absolute Gasteiger partial charge is 0.307 e.